The normalized spacial score (nSPS) is 13.0. The van der Waals surface area contributed by atoms with E-state index in [9.17, 15) is 8.42 Å². The number of hydrogen-bond donors (Lipinski definition) is 2. The molecular weight excluding hydrogens is 505 g/mol. The van der Waals surface area contributed by atoms with Gasteiger partial charge in [0, 0.05) is 26.4 Å². The summed E-state index contributed by atoms with van der Waals surface area (Å²) in [6, 6.07) is 11.3. The van der Waals surface area contributed by atoms with Crippen molar-refractivity contribution in [1.82, 2.24) is 10.6 Å². The Hall–Kier alpha value is -2.01. The van der Waals surface area contributed by atoms with Crippen molar-refractivity contribution in [3.05, 3.63) is 53.1 Å². The van der Waals surface area contributed by atoms with E-state index in [0.29, 0.717) is 23.9 Å². The Kier molecular flexibility index (Phi) is 8.14. The van der Waals surface area contributed by atoms with Crippen molar-refractivity contribution in [2.45, 2.75) is 24.8 Å². The van der Waals surface area contributed by atoms with Gasteiger partial charge in [0.1, 0.15) is 0 Å². The van der Waals surface area contributed by atoms with E-state index in [0.717, 1.165) is 34.6 Å². The van der Waals surface area contributed by atoms with E-state index in [1.54, 1.807) is 20.0 Å². The molecule has 0 amide bonds. The summed E-state index contributed by atoms with van der Waals surface area (Å²) in [5.74, 6) is 2.25. The average Bonchev–Trinajstić information content (AvgIpc) is 3.11. The third kappa shape index (κ3) is 6.23. The van der Waals surface area contributed by atoms with Crippen LogP contribution in [0.2, 0.25) is 0 Å². The van der Waals surface area contributed by atoms with Gasteiger partial charge in [-0.15, -0.1) is 24.0 Å². The average molecular weight is 531 g/mol. The van der Waals surface area contributed by atoms with Crippen LogP contribution in [-0.2, 0) is 22.8 Å². The smallest absolute Gasteiger partial charge is 0.231 e. The lowest BCUT2D eigenvalue weighted by molar-refractivity contribution is 0.174. The van der Waals surface area contributed by atoms with Gasteiger partial charge in [-0.3, -0.25) is 4.99 Å². The molecular formula is C20H26IN3O4S. The summed E-state index contributed by atoms with van der Waals surface area (Å²) < 4.78 is 34.2. The summed E-state index contributed by atoms with van der Waals surface area (Å²) >= 11 is 0. The van der Waals surface area contributed by atoms with Gasteiger partial charge in [-0.05, 0) is 48.2 Å². The molecule has 2 N–H and O–H groups in total. The number of hydrogen-bond acceptors (Lipinski definition) is 5. The quantitative estimate of drug-likeness (QED) is 0.339. The zero-order valence-corrected chi connectivity index (χ0v) is 19.8. The summed E-state index contributed by atoms with van der Waals surface area (Å²) in [5, 5.41) is 6.52. The lowest BCUT2D eigenvalue weighted by Gasteiger charge is -2.13. The van der Waals surface area contributed by atoms with Crippen molar-refractivity contribution < 1.29 is 17.9 Å². The standard InChI is InChI=1S/C20H25N3O4S.HI/c1-14-10-16(5-7-19(14)28(3,24)25)12-23-20(21-2)22-9-8-15-4-6-17-18(11-15)27-13-26-17;/h4-7,10-11H,8-9,12-13H2,1-3H3,(H2,21,22,23);1H. The van der Waals surface area contributed by atoms with E-state index in [2.05, 4.69) is 15.6 Å². The van der Waals surface area contributed by atoms with Gasteiger partial charge in [0.15, 0.2) is 27.3 Å². The summed E-state index contributed by atoms with van der Waals surface area (Å²) in [6.07, 6.45) is 2.04. The van der Waals surface area contributed by atoms with Crippen LogP contribution >= 0.6 is 24.0 Å². The van der Waals surface area contributed by atoms with Crippen molar-refractivity contribution in [3.63, 3.8) is 0 Å². The molecule has 9 heteroatoms. The largest absolute Gasteiger partial charge is 0.454 e. The highest BCUT2D eigenvalue weighted by Crippen LogP contribution is 2.32. The lowest BCUT2D eigenvalue weighted by Crippen LogP contribution is -2.37. The molecule has 1 aliphatic heterocycles. The van der Waals surface area contributed by atoms with Gasteiger partial charge in [-0.1, -0.05) is 18.2 Å². The highest BCUT2D eigenvalue weighted by atomic mass is 127. The summed E-state index contributed by atoms with van der Waals surface area (Å²) in [6.45, 7) is 3.34. The number of benzene rings is 2. The maximum atomic E-state index is 11.7. The van der Waals surface area contributed by atoms with Gasteiger partial charge < -0.3 is 20.1 Å². The second kappa shape index (κ2) is 10.1. The number of sulfone groups is 1. The molecule has 0 spiro atoms. The van der Waals surface area contributed by atoms with Crippen LogP contribution in [-0.4, -0.2) is 41.0 Å². The molecule has 2 aromatic carbocycles. The molecule has 0 aromatic heterocycles. The van der Waals surface area contributed by atoms with Crippen LogP contribution in [0.5, 0.6) is 11.5 Å². The molecule has 0 saturated carbocycles. The first kappa shape index (κ1) is 23.3. The van der Waals surface area contributed by atoms with Crippen molar-refractivity contribution >= 4 is 39.8 Å². The van der Waals surface area contributed by atoms with Crippen LogP contribution in [0.15, 0.2) is 46.3 Å². The van der Waals surface area contributed by atoms with Crippen LogP contribution in [0, 0.1) is 6.92 Å². The van der Waals surface area contributed by atoms with E-state index in [4.69, 9.17) is 9.47 Å². The maximum Gasteiger partial charge on any atom is 0.231 e. The van der Waals surface area contributed by atoms with Gasteiger partial charge in [0.05, 0.1) is 4.90 Å². The maximum absolute atomic E-state index is 11.7. The van der Waals surface area contributed by atoms with Gasteiger partial charge in [0.25, 0.3) is 0 Å². The minimum Gasteiger partial charge on any atom is -0.454 e. The first-order valence-electron chi connectivity index (χ1n) is 8.99. The number of ether oxygens (including phenoxy) is 2. The number of fused-ring (bicyclic) bond motifs is 1. The number of halogens is 1. The molecule has 0 saturated heterocycles. The number of guanidine groups is 1. The Labute approximate surface area is 188 Å². The van der Waals surface area contributed by atoms with Crippen LogP contribution < -0.4 is 20.1 Å². The fraction of sp³-hybridized carbons (Fsp3) is 0.350. The SMILES string of the molecule is CN=C(NCCc1ccc2c(c1)OCO2)NCc1ccc(S(C)(=O)=O)c(C)c1.I. The van der Waals surface area contributed by atoms with Crippen LogP contribution in [0.4, 0.5) is 0 Å². The highest BCUT2D eigenvalue weighted by molar-refractivity contribution is 14.0. The Bertz CT molecular complexity index is 993. The van der Waals surface area contributed by atoms with Crippen LogP contribution in [0.25, 0.3) is 0 Å². The van der Waals surface area contributed by atoms with Crippen molar-refractivity contribution in [2.24, 2.45) is 4.99 Å². The number of aryl methyl sites for hydroxylation is 1. The molecule has 3 rings (SSSR count). The van der Waals surface area contributed by atoms with Crippen LogP contribution in [0.1, 0.15) is 16.7 Å². The molecule has 0 unspecified atom stereocenters. The van der Waals surface area contributed by atoms with E-state index < -0.39 is 9.84 Å². The monoisotopic (exact) mass is 531 g/mol. The molecule has 1 heterocycles. The molecule has 0 fully saturated rings. The fourth-order valence-corrected chi connectivity index (χ4v) is 4.02. The van der Waals surface area contributed by atoms with E-state index in [-0.39, 0.29) is 30.8 Å². The van der Waals surface area contributed by atoms with Crippen LogP contribution in [0.3, 0.4) is 0 Å². The Morgan fingerprint density at radius 2 is 1.79 bits per heavy atom. The number of nitrogens with one attached hydrogen (secondary N) is 2. The first-order chi connectivity index (χ1) is 13.4. The zero-order valence-electron chi connectivity index (χ0n) is 16.7. The van der Waals surface area contributed by atoms with E-state index in [1.165, 1.54) is 6.26 Å². The number of rotatable bonds is 6. The summed E-state index contributed by atoms with van der Waals surface area (Å²) in [4.78, 5) is 4.59. The van der Waals surface area contributed by atoms with Gasteiger partial charge >= 0.3 is 0 Å². The molecule has 0 bridgehead atoms. The van der Waals surface area contributed by atoms with Crippen molar-refractivity contribution in [2.75, 3.05) is 26.6 Å². The predicted molar refractivity (Wildman–Crippen MR) is 124 cm³/mol. The first-order valence-corrected chi connectivity index (χ1v) is 10.9. The highest BCUT2D eigenvalue weighted by Gasteiger charge is 2.13. The zero-order chi connectivity index (χ0) is 20.1. The number of aliphatic imine (C=N–C) groups is 1. The summed E-state index contributed by atoms with van der Waals surface area (Å²) in [7, 11) is -1.49. The van der Waals surface area contributed by atoms with Gasteiger partial charge in [0.2, 0.25) is 6.79 Å². The lowest BCUT2D eigenvalue weighted by atomic mass is 10.1. The molecule has 29 heavy (non-hydrogen) atoms. The molecule has 0 radical (unpaired) electrons. The Balaban J connectivity index is 0.00000300. The van der Waals surface area contributed by atoms with Crippen molar-refractivity contribution in [3.8, 4) is 11.5 Å². The molecule has 0 atom stereocenters. The Morgan fingerprint density at radius 1 is 1.07 bits per heavy atom. The summed E-state index contributed by atoms with van der Waals surface area (Å²) in [5.41, 5.74) is 2.88. The van der Waals surface area contributed by atoms with Crippen molar-refractivity contribution in [1.29, 1.82) is 0 Å². The van der Waals surface area contributed by atoms with E-state index in [1.807, 2.05) is 30.3 Å². The van der Waals surface area contributed by atoms with E-state index >= 15 is 0 Å². The molecule has 0 aliphatic carbocycles. The molecule has 158 valence electrons. The molecule has 7 nitrogen and oxygen atoms in total. The second-order valence-electron chi connectivity index (χ2n) is 6.66. The number of nitrogens with zero attached hydrogens (tertiary/aromatic N) is 1. The predicted octanol–water partition coefficient (Wildman–Crippen LogP) is 2.65. The fourth-order valence-electron chi connectivity index (χ4n) is 3.07. The minimum absolute atomic E-state index is 0. The molecule has 1 aliphatic rings. The minimum atomic E-state index is -3.20. The van der Waals surface area contributed by atoms with Gasteiger partial charge in [-0.2, -0.15) is 0 Å². The second-order valence-corrected chi connectivity index (χ2v) is 8.65. The third-order valence-corrected chi connectivity index (χ3v) is 5.72. The topological polar surface area (TPSA) is 89.0 Å². The molecule has 2 aromatic rings. The third-order valence-electron chi connectivity index (χ3n) is 4.47. The Morgan fingerprint density at radius 3 is 2.48 bits per heavy atom. The van der Waals surface area contributed by atoms with Gasteiger partial charge in [-0.25, -0.2) is 8.42 Å².